The first kappa shape index (κ1) is 12.0. The van der Waals surface area contributed by atoms with Crippen LogP contribution in [0.2, 0.25) is 0 Å². The Hall–Kier alpha value is -1.07. The molecule has 2 heterocycles. The molecule has 1 fully saturated rings. The molecule has 1 aromatic carbocycles. The number of ether oxygens (including phenoxy) is 2. The Morgan fingerprint density at radius 2 is 2.33 bits per heavy atom. The molecule has 0 spiro atoms. The Labute approximate surface area is 114 Å². The molecule has 0 N–H and O–H groups in total. The quantitative estimate of drug-likeness (QED) is 0.851. The summed E-state index contributed by atoms with van der Waals surface area (Å²) in [4.78, 5) is 0. The Balaban J connectivity index is 2.06. The third-order valence-corrected chi connectivity index (χ3v) is 3.92. The van der Waals surface area contributed by atoms with Crippen molar-refractivity contribution in [1.29, 1.82) is 0 Å². The number of benzene rings is 1. The monoisotopic (exact) mass is 310 g/mol. The summed E-state index contributed by atoms with van der Waals surface area (Å²) >= 11 is 3.49. The Kier molecular flexibility index (Phi) is 3.26. The van der Waals surface area contributed by atoms with Crippen LogP contribution in [-0.2, 0) is 4.74 Å². The topological polar surface area (TPSA) is 36.3 Å². The first-order chi connectivity index (χ1) is 8.79. The van der Waals surface area contributed by atoms with Crippen molar-refractivity contribution in [2.45, 2.75) is 25.5 Å². The molecule has 0 aliphatic carbocycles. The Morgan fingerprint density at radius 1 is 1.44 bits per heavy atom. The lowest BCUT2D eigenvalue weighted by Crippen LogP contribution is -2.18. The van der Waals surface area contributed by atoms with Gasteiger partial charge in [0.25, 0.3) is 0 Å². The summed E-state index contributed by atoms with van der Waals surface area (Å²) in [6.45, 7) is 0.819. The zero-order chi connectivity index (χ0) is 12.5. The van der Waals surface area contributed by atoms with Gasteiger partial charge in [0.1, 0.15) is 5.75 Å². The van der Waals surface area contributed by atoms with Crippen molar-refractivity contribution in [3.05, 3.63) is 22.8 Å². The van der Waals surface area contributed by atoms with Gasteiger partial charge in [0.15, 0.2) is 6.23 Å². The van der Waals surface area contributed by atoms with E-state index in [9.17, 15) is 0 Å². The van der Waals surface area contributed by atoms with Gasteiger partial charge in [-0.3, -0.25) is 0 Å². The minimum Gasteiger partial charge on any atom is -0.495 e. The van der Waals surface area contributed by atoms with Crippen molar-refractivity contribution in [3.63, 3.8) is 0 Å². The number of hydrogen-bond acceptors (Lipinski definition) is 3. The maximum absolute atomic E-state index is 5.78. The van der Waals surface area contributed by atoms with Gasteiger partial charge in [-0.2, -0.15) is 5.10 Å². The molecule has 96 valence electrons. The third-order valence-electron chi connectivity index (χ3n) is 3.30. The second kappa shape index (κ2) is 4.90. The molecule has 4 nitrogen and oxygen atoms in total. The lowest BCUT2D eigenvalue weighted by atomic mass is 10.2. The first-order valence-corrected chi connectivity index (χ1v) is 6.91. The SMILES string of the molecule is COc1cc2c(cnn2C2CCCCO2)cc1Br. The lowest BCUT2D eigenvalue weighted by molar-refractivity contribution is -0.0366. The first-order valence-electron chi connectivity index (χ1n) is 6.12. The minimum absolute atomic E-state index is 0.0575. The van der Waals surface area contributed by atoms with E-state index in [2.05, 4.69) is 21.0 Å². The maximum Gasteiger partial charge on any atom is 0.150 e. The predicted molar refractivity (Wildman–Crippen MR) is 72.8 cm³/mol. The number of rotatable bonds is 2. The van der Waals surface area contributed by atoms with Crippen molar-refractivity contribution in [3.8, 4) is 5.75 Å². The molecule has 3 rings (SSSR count). The molecule has 1 unspecified atom stereocenters. The summed E-state index contributed by atoms with van der Waals surface area (Å²) in [5, 5.41) is 5.55. The second-order valence-electron chi connectivity index (χ2n) is 4.46. The van der Waals surface area contributed by atoms with Crippen LogP contribution < -0.4 is 4.74 Å². The van der Waals surface area contributed by atoms with Gasteiger partial charge < -0.3 is 9.47 Å². The van der Waals surface area contributed by atoms with E-state index >= 15 is 0 Å². The normalized spacial score (nSPS) is 20.2. The molecule has 0 radical (unpaired) electrons. The van der Waals surface area contributed by atoms with Crippen LogP contribution in [0.25, 0.3) is 10.9 Å². The van der Waals surface area contributed by atoms with Crippen molar-refractivity contribution in [2.24, 2.45) is 0 Å². The molecule has 1 saturated heterocycles. The van der Waals surface area contributed by atoms with E-state index in [1.54, 1.807) is 7.11 Å². The van der Waals surface area contributed by atoms with Crippen molar-refractivity contribution < 1.29 is 9.47 Å². The highest BCUT2D eigenvalue weighted by atomic mass is 79.9. The van der Waals surface area contributed by atoms with Gasteiger partial charge in [0, 0.05) is 18.1 Å². The van der Waals surface area contributed by atoms with Crippen LogP contribution in [0.1, 0.15) is 25.5 Å². The number of methoxy groups -OCH3 is 1. The number of halogens is 1. The molecule has 2 aromatic rings. The molecule has 0 saturated carbocycles. The summed E-state index contributed by atoms with van der Waals surface area (Å²) in [6.07, 6.45) is 5.29. The van der Waals surface area contributed by atoms with Crippen LogP contribution in [0, 0.1) is 0 Å². The van der Waals surface area contributed by atoms with Gasteiger partial charge in [-0.15, -0.1) is 0 Å². The zero-order valence-corrected chi connectivity index (χ0v) is 11.8. The Bertz CT molecular complexity index is 561. The second-order valence-corrected chi connectivity index (χ2v) is 5.31. The molecule has 18 heavy (non-hydrogen) atoms. The van der Waals surface area contributed by atoms with E-state index in [4.69, 9.17) is 9.47 Å². The van der Waals surface area contributed by atoms with Crippen molar-refractivity contribution in [1.82, 2.24) is 9.78 Å². The number of fused-ring (bicyclic) bond motifs is 1. The van der Waals surface area contributed by atoms with E-state index in [1.807, 2.05) is 23.0 Å². The van der Waals surface area contributed by atoms with Crippen molar-refractivity contribution in [2.75, 3.05) is 13.7 Å². The number of nitrogens with zero attached hydrogens (tertiary/aromatic N) is 2. The van der Waals surface area contributed by atoms with E-state index in [1.165, 1.54) is 6.42 Å². The van der Waals surface area contributed by atoms with E-state index in [0.717, 1.165) is 40.6 Å². The molecule has 1 aliphatic rings. The average Bonchev–Trinajstić information content (AvgIpc) is 2.81. The highest BCUT2D eigenvalue weighted by molar-refractivity contribution is 9.10. The lowest BCUT2D eigenvalue weighted by Gasteiger charge is -2.23. The average molecular weight is 311 g/mol. The standard InChI is InChI=1S/C13H15BrN2O2/c1-17-12-7-11-9(6-10(12)14)8-15-16(11)13-4-2-3-5-18-13/h6-8,13H,2-5H2,1H3. The summed E-state index contributed by atoms with van der Waals surface area (Å²) in [7, 11) is 1.67. The molecular formula is C13H15BrN2O2. The maximum atomic E-state index is 5.78. The predicted octanol–water partition coefficient (Wildman–Crippen LogP) is 3.51. The van der Waals surface area contributed by atoms with E-state index < -0.39 is 0 Å². The van der Waals surface area contributed by atoms with Crippen molar-refractivity contribution >= 4 is 26.8 Å². The molecule has 5 heteroatoms. The zero-order valence-electron chi connectivity index (χ0n) is 10.2. The fourth-order valence-electron chi connectivity index (χ4n) is 2.35. The van der Waals surface area contributed by atoms with Crippen LogP contribution >= 0.6 is 15.9 Å². The third kappa shape index (κ3) is 2.01. The van der Waals surface area contributed by atoms with Gasteiger partial charge in [-0.1, -0.05) is 0 Å². The highest BCUT2D eigenvalue weighted by Gasteiger charge is 2.19. The van der Waals surface area contributed by atoms with Crippen LogP contribution in [-0.4, -0.2) is 23.5 Å². The van der Waals surface area contributed by atoms with Gasteiger partial charge in [0.05, 0.1) is 23.3 Å². The molecule has 1 aromatic heterocycles. The fourth-order valence-corrected chi connectivity index (χ4v) is 2.87. The van der Waals surface area contributed by atoms with Crippen LogP contribution in [0.4, 0.5) is 0 Å². The van der Waals surface area contributed by atoms with Gasteiger partial charge in [-0.05, 0) is 41.3 Å². The van der Waals surface area contributed by atoms with Crippen LogP contribution in [0.15, 0.2) is 22.8 Å². The molecular weight excluding hydrogens is 296 g/mol. The van der Waals surface area contributed by atoms with Gasteiger partial charge in [0.2, 0.25) is 0 Å². The molecule has 1 atom stereocenters. The van der Waals surface area contributed by atoms with Crippen LogP contribution in [0.5, 0.6) is 5.75 Å². The number of aromatic nitrogens is 2. The van der Waals surface area contributed by atoms with Gasteiger partial charge >= 0.3 is 0 Å². The smallest absolute Gasteiger partial charge is 0.150 e. The summed E-state index contributed by atoms with van der Waals surface area (Å²) in [5.74, 6) is 0.819. The summed E-state index contributed by atoms with van der Waals surface area (Å²) in [5.41, 5.74) is 1.06. The Morgan fingerprint density at radius 3 is 3.06 bits per heavy atom. The summed E-state index contributed by atoms with van der Waals surface area (Å²) < 4.78 is 14.0. The summed E-state index contributed by atoms with van der Waals surface area (Å²) in [6, 6.07) is 4.03. The number of hydrogen-bond donors (Lipinski definition) is 0. The van der Waals surface area contributed by atoms with E-state index in [0.29, 0.717) is 0 Å². The largest absolute Gasteiger partial charge is 0.495 e. The minimum atomic E-state index is 0.0575. The molecule has 0 amide bonds. The van der Waals surface area contributed by atoms with E-state index in [-0.39, 0.29) is 6.23 Å². The molecule has 0 bridgehead atoms. The van der Waals surface area contributed by atoms with Gasteiger partial charge in [-0.25, -0.2) is 4.68 Å². The fraction of sp³-hybridized carbons (Fsp3) is 0.462. The van der Waals surface area contributed by atoms with Crippen LogP contribution in [0.3, 0.4) is 0 Å². The highest BCUT2D eigenvalue weighted by Crippen LogP contribution is 2.32. The molecule has 1 aliphatic heterocycles.